The van der Waals surface area contributed by atoms with Gasteiger partial charge in [-0.15, -0.1) is 0 Å². The predicted molar refractivity (Wildman–Crippen MR) is 67.8 cm³/mol. The maximum atomic E-state index is 10.7. The van der Waals surface area contributed by atoms with Gasteiger partial charge in [0.15, 0.2) is 5.79 Å². The summed E-state index contributed by atoms with van der Waals surface area (Å²) in [4.78, 5) is 12.7. The molecule has 0 amide bonds. The topological polar surface area (TPSA) is 64.8 Å². The molecular formula is C13H18N2O4. The molecule has 0 radical (unpaired) electrons. The van der Waals surface area contributed by atoms with E-state index in [4.69, 9.17) is 9.47 Å². The first-order chi connectivity index (χ1) is 9.19. The zero-order chi connectivity index (χ0) is 13.3. The highest BCUT2D eigenvalue weighted by Gasteiger charge is 2.40. The van der Waals surface area contributed by atoms with Gasteiger partial charge in [-0.2, -0.15) is 0 Å². The maximum Gasteiger partial charge on any atom is 0.246 e. The molecule has 0 saturated carbocycles. The third kappa shape index (κ3) is 2.50. The highest BCUT2D eigenvalue weighted by atomic mass is 16.7. The number of likely N-dealkylation sites (tertiary alicyclic amines) is 1. The van der Waals surface area contributed by atoms with Gasteiger partial charge in [0.25, 0.3) is 0 Å². The smallest absolute Gasteiger partial charge is 0.246 e. The van der Waals surface area contributed by atoms with Gasteiger partial charge in [0, 0.05) is 44.1 Å². The van der Waals surface area contributed by atoms with Crippen molar-refractivity contribution in [3.63, 3.8) is 0 Å². The van der Waals surface area contributed by atoms with Crippen LogP contribution in [-0.2, 0) is 9.47 Å². The molecule has 104 valence electrons. The van der Waals surface area contributed by atoms with Crippen LogP contribution in [0.2, 0.25) is 0 Å². The summed E-state index contributed by atoms with van der Waals surface area (Å²) in [6.07, 6.45) is 6.53. The molecule has 2 saturated heterocycles. The standard InChI is InChI=1S/C13H18N2O4/c16-15(17)12-3-1-11(2-4-12)14-7-5-13(6-8-14)18-9-10-19-13/h1,3H,2,4-10H2. The van der Waals surface area contributed by atoms with Crippen molar-refractivity contribution in [3.8, 4) is 0 Å². The van der Waals surface area contributed by atoms with E-state index < -0.39 is 0 Å². The van der Waals surface area contributed by atoms with Crippen molar-refractivity contribution in [2.75, 3.05) is 26.3 Å². The van der Waals surface area contributed by atoms with Crippen LogP contribution in [0.15, 0.2) is 23.5 Å². The molecular weight excluding hydrogens is 248 g/mol. The van der Waals surface area contributed by atoms with Gasteiger partial charge in [-0.1, -0.05) is 0 Å². The fourth-order valence-electron chi connectivity index (χ4n) is 2.95. The molecule has 6 nitrogen and oxygen atoms in total. The molecule has 19 heavy (non-hydrogen) atoms. The van der Waals surface area contributed by atoms with Crippen LogP contribution in [0.3, 0.4) is 0 Å². The number of hydrogen-bond donors (Lipinski definition) is 0. The molecule has 2 aliphatic heterocycles. The summed E-state index contributed by atoms with van der Waals surface area (Å²) in [7, 11) is 0. The Morgan fingerprint density at radius 2 is 1.84 bits per heavy atom. The molecule has 0 N–H and O–H groups in total. The van der Waals surface area contributed by atoms with Crippen LogP contribution in [-0.4, -0.2) is 41.9 Å². The minimum Gasteiger partial charge on any atom is -0.374 e. The second-order valence-corrected chi connectivity index (χ2v) is 5.17. The Kier molecular flexibility index (Phi) is 3.28. The normalized spacial score (nSPS) is 26.2. The third-order valence-corrected chi connectivity index (χ3v) is 4.08. The molecule has 2 fully saturated rings. The Hall–Kier alpha value is -1.40. The Bertz CT molecular complexity index is 428. The first-order valence-electron chi connectivity index (χ1n) is 6.76. The van der Waals surface area contributed by atoms with Crippen LogP contribution in [0.1, 0.15) is 25.7 Å². The van der Waals surface area contributed by atoms with Crippen molar-refractivity contribution in [2.24, 2.45) is 0 Å². The van der Waals surface area contributed by atoms with Crippen LogP contribution in [0.25, 0.3) is 0 Å². The van der Waals surface area contributed by atoms with Gasteiger partial charge in [0.1, 0.15) is 0 Å². The summed E-state index contributed by atoms with van der Waals surface area (Å²) >= 11 is 0. The zero-order valence-electron chi connectivity index (χ0n) is 10.8. The molecule has 0 aromatic rings. The molecule has 0 bridgehead atoms. The summed E-state index contributed by atoms with van der Waals surface area (Å²) in [6, 6.07) is 0. The molecule has 0 atom stereocenters. The van der Waals surface area contributed by atoms with Gasteiger partial charge < -0.3 is 14.4 Å². The van der Waals surface area contributed by atoms with Crippen LogP contribution >= 0.6 is 0 Å². The monoisotopic (exact) mass is 266 g/mol. The molecule has 0 aromatic carbocycles. The SMILES string of the molecule is O=[N+]([O-])C1=CC=C(N2CCC3(CC2)OCCO3)CC1. The minimum atomic E-state index is -0.354. The second-order valence-electron chi connectivity index (χ2n) is 5.17. The van der Waals surface area contributed by atoms with Gasteiger partial charge in [0.2, 0.25) is 5.70 Å². The Morgan fingerprint density at radius 1 is 1.16 bits per heavy atom. The van der Waals surface area contributed by atoms with Crippen molar-refractivity contribution in [3.05, 3.63) is 33.7 Å². The maximum absolute atomic E-state index is 10.7. The van der Waals surface area contributed by atoms with E-state index in [0.717, 1.165) is 32.4 Å². The van der Waals surface area contributed by atoms with Crippen LogP contribution < -0.4 is 0 Å². The Morgan fingerprint density at radius 3 is 2.37 bits per heavy atom. The van der Waals surface area contributed by atoms with Gasteiger partial charge in [0.05, 0.1) is 18.1 Å². The zero-order valence-corrected chi connectivity index (χ0v) is 10.8. The van der Waals surface area contributed by atoms with Gasteiger partial charge in [-0.25, -0.2) is 0 Å². The van der Waals surface area contributed by atoms with Crippen molar-refractivity contribution in [2.45, 2.75) is 31.5 Å². The predicted octanol–water partition coefficient (Wildman–Crippen LogP) is 1.66. The fourth-order valence-corrected chi connectivity index (χ4v) is 2.95. The molecule has 0 unspecified atom stereocenters. The lowest BCUT2D eigenvalue weighted by Crippen LogP contribution is -2.44. The Balaban J connectivity index is 1.61. The fraction of sp³-hybridized carbons (Fsp3) is 0.692. The largest absolute Gasteiger partial charge is 0.374 e. The third-order valence-electron chi connectivity index (χ3n) is 4.08. The van der Waals surface area contributed by atoms with Gasteiger partial charge in [-0.3, -0.25) is 10.1 Å². The van der Waals surface area contributed by atoms with E-state index in [-0.39, 0.29) is 10.7 Å². The van der Waals surface area contributed by atoms with Crippen molar-refractivity contribution in [1.29, 1.82) is 0 Å². The highest BCUT2D eigenvalue weighted by Crippen LogP contribution is 2.34. The number of nitro groups is 1. The summed E-state index contributed by atoms with van der Waals surface area (Å²) in [6.45, 7) is 3.18. The van der Waals surface area contributed by atoms with Crippen LogP contribution in [0, 0.1) is 10.1 Å². The van der Waals surface area contributed by atoms with Crippen molar-refractivity contribution < 1.29 is 14.4 Å². The number of nitrogens with zero attached hydrogens (tertiary/aromatic N) is 2. The second kappa shape index (κ2) is 4.94. The van der Waals surface area contributed by atoms with Gasteiger partial charge >= 0.3 is 0 Å². The number of piperidine rings is 1. The molecule has 1 aliphatic carbocycles. The molecule has 6 heteroatoms. The number of rotatable bonds is 2. The average molecular weight is 266 g/mol. The summed E-state index contributed by atoms with van der Waals surface area (Å²) < 4.78 is 11.4. The summed E-state index contributed by atoms with van der Waals surface area (Å²) in [5, 5.41) is 10.7. The lowest BCUT2D eigenvalue weighted by Gasteiger charge is -2.40. The first kappa shape index (κ1) is 12.6. The van der Waals surface area contributed by atoms with Gasteiger partial charge in [-0.05, 0) is 12.5 Å². The molecule has 3 rings (SSSR count). The number of allylic oxidation sites excluding steroid dienone is 4. The van der Waals surface area contributed by atoms with Crippen molar-refractivity contribution >= 4 is 0 Å². The number of hydrogen-bond acceptors (Lipinski definition) is 5. The van der Waals surface area contributed by atoms with E-state index in [1.165, 1.54) is 5.70 Å². The Labute approximate surface area is 111 Å². The van der Waals surface area contributed by atoms with Crippen LogP contribution in [0.5, 0.6) is 0 Å². The lowest BCUT2D eigenvalue weighted by molar-refractivity contribution is -0.428. The van der Waals surface area contributed by atoms with Crippen LogP contribution in [0.4, 0.5) is 0 Å². The summed E-state index contributed by atoms with van der Waals surface area (Å²) in [5.41, 5.74) is 1.50. The lowest BCUT2D eigenvalue weighted by atomic mass is 10.00. The van der Waals surface area contributed by atoms with E-state index in [0.29, 0.717) is 25.3 Å². The van der Waals surface area contributed by atoms with E-state index in [1.807, 2.05) is 6.08 Å². The van der Waals surface area contributed by atoms with E-state index in [9.17, 15) is 10.1 Å². The first-order valence-corrected chi connectivity index (χ1v) is 6.76. The quantitative estimate of drug-likeness (QED) is 0.562. The molecule has 2 heterocycles. The molecule has 3 aliphatic rings. The highest BCUT2D eigenvalue weighted by molar-refractivity contribution is 5.20. The van der Waals surface area contributed by atoms with Crippen molar-refractivity contribution in [1.82, 2.24) is 4.90 Å². The van der Waals surface area contributed by atoms with E-state index in [1.54, 1.807) is 6.08 Å². The summed E-state index contributed by atoms with van der Waals surface area (Å²) in [5.74, 6) is -0.354. The number of ether oxygens (including phenoxy) is 2. The minimum absolute atomic E-state index is 0.293. The van der Waals surface area contributed by atoms with E-state index >= 15 is 0 Å². The molecule has 1 spiro atoms. The molecule has 0 aromatic heterocycles. The van der Waals surface area contributed by atoms with E-state index in [2.05, 4.69) is 4.90 Å². The average Bonchev–Trinajstić information content (AvgIpc) is 2.88.